The lowest BCUT2D eigenvalue weighted by Crippen LogP contribution is -2.49. The van der Waals surface area contributed by atoms with E-state index in [0.717, 1.165) is 67.0 Å². The van der Waals surface area contributed by atoms with Gasteiger partial charge in [0.1, 0.15) is 11.5 Å². The molecule has 1 radical (unpaired) electrons. The molecule has 0 unspecified atom stereocenters. The third-order valence-corrected chi connectivity index (χ3v) is 10.9. The molecule has 1 N–H and O–H groups in total. The first-order valence-electron chi connectivity index (χ1n) is 17.9. The van der Waals surface area contributed by atoms with E-state index in [1.807, 2.05) is 98.8 Å². The van der Waals surface area contributed by atoms with Crippen LogP contribution in [-0.2, 0) is 10.1 Å². The molecular formula is C46H37BN3O3. The minimum absolute atomic E-state index is 0.583. The third kappa shape index (κ3) is 5.30. The van der Waals surface area contributed by atoms with Crippen molar-refractivity contribution in [1.82, 2.24) is 15.0 Å². The van der Waals surface area contributed by atoms with Crippen LogP contribution in [0.1, 0.15) is 49.9 Å². The van der Waals surface area contributed by atoms with Gasteiger partial charge in [0.25, 0.3) is 0 Å². The van der Waals surface area contributed by atoms with Gasteiger partial charge in [-0.2, -0.15) is 0 Å². The van der Waals surface area contributed by atoms with Crippen molar-refractivity contribution in [3.63, 3.8) is 0 Å². The molecule has 1 spiro atoms. The Morgan fingerprint density at radius 1 is 0.547 bits per heavy atom. The maximum absolute atomic E-state index is 10.9. The standard InChI is InChI=1S/C46H37BN3O3/c1-44(2,51)45(3,4)53-47-31-26-27-34-33(28-31)40-32(43-49-41(29-16-7-5-8-17-29)48-42(50-43)30-18-9-6-10-19-30)20-15-23-37(40)46(34)35-21-11-13-24-38(35)52-39-25-14-12-22-36(39)46/h5-28,51H,1-4H3. The minimum Gasteiger partial charge on any atom is -0.457 e. The first-order chi connectivity index (χ1) is 25.6. The molecule has 53 heavy (non-hydrogen) atoms. The second-order valence-electron chi connectivity index (χ2n) is 14.7. The molecule has 1 aliphatic heterocycles. The minimum atomic E-state index is -1.06. The summed E-state index contributed by atoms with van der Waals surface area (Å²) in [5.74, 6) is 3.43. The lowest BCUT2D eigenvalue weighted by atomic mass is 9.66. The van der Waals surface area contributed by atoms with Crippen LogP contribution in [0.2, 0.25) is 0 Å². The van der Waals surface area contributed by atoms with Crippen LogP contribution in [-0.4, -0.2) is 38.7 Å². The molecule has 6 nitrogen and oxygen atoms in total. The first kappa shape index (κ1) is 33.0. The number of para-hydroxylation sites is 2. The maximum Gasteiger partial charge on any atom is 0.330 e. The molecule has 0 saturated carbocycles. The van der Waals surface area contributed by atoms with Crippen molar-refractivity contribution in [2.45, 2.75) is 44.3 Å². The van der Waals surface area contributed by atoms with Crippen molar-refractivity contribution < 1.29 is 14.5 Å². The number of rotatable bonds is 7. The van der Waals surface area contributed by atoms with Gasteiger partial charge in [0, 0.05) is 27.8 Å². The number of hydrogen-bond donors (Lipinski definition) is 1. The molecule has 9 rings (SSSR count). The second-order valence-corrected chi connectivity index (χ2v) is 14.7. The Balaban J connectivity index is 1.33. The Morgan fingerprint density at radius 3 is 1.66 bits per heavy atom. The number of hydrogen-bond acceptors (Lipinski definition) is 6. The van der Waals surface area contributed by atoms with Gasteiger partial charge in [-0.15, -0.1) is 0 Å². The molecule has 0 bridgehead atoms. The number of nitrogens with zero attached hydrogens (tertiary/aromatic N) is 3. The summed E-state index contributed by atoms with van der Waals surface area (Å²) in [6.45, 7) is 7.31. The van der Waals surface area contributed by atoms with Crippen LogP contribution in [0.4, 0.5) is 0 Å². The second kappa shape index (κ2) is 12.4. The third-order valence-electron chi connectivity index (χ3n) is 10.9. The van der Waals surface area contributed by atoms with Gasteiger partial charge in [-0.25, -0.2) is 15.0 Å². The lowest BCUT2D eigenvalue weighted by Gasteiger charge is -2.39. The van der Waals surface area contributed by atoms with E-state index in [4.69, 9.17) is 24.3 Å². The molecule has 0 saturated heterocycles. The number of aliphatic hydroxyl groups is 1. The number of aromatic nitrogens is 3. The van der Waals surface area contributed by atoms with Gasteiger partial charge in [0.2, 0.25) is 0 Å². The molecule has 0 fully saturated rings. The summed E-state index contributed by atoms with van der Waals surface area (Å²) in [5.41, 5.74) is 7.47. The molecule has 1 aromatic heterocycles. The van der Waals surface area contributed by atoms with Crippen molar-refractivity contribution in [1.29, 1.82) is 0 Å². The van der Waals surface area contributed by atoms with Gasteiger partial charge in [-0.1, -0.05) is 139 Å². The molecule has 7 heteroatoms. The molecule has 257 valence electrons. The van der Waals surface area contributed by atoms with E-state index in [0.29, 0.717) is 17.5 Å². The molecule has 0 atom stereocenters. The molecule has 6 aromatic carbocycles. The van der Waals surface area contributed by atoms with Gasteiger partial charge in [-0.05, 0) is 62.1 Å². The van der Waals surface area contributed by atoms with E-state index < -0.39 is 16.6 Å². The van der Waals surface area contributed by atoms with Crippen molar-refractivity contribution in [3.05, 3.63) is 168 Å². The summed E-state index contributed by atoms with van der Waals surface area (Å²) >= 11 is 0. The summed E-state index contributed by atoms with van der Waals surface area (Å²) in [7, 11) is 1.75. The Kier molecular flexibility index (Phi) is 7.70. The SMILES string of the molecule is CC(C)(O)C(C)(C)O[B]c1ccc2c(c1)-c1c(-c3nc(-c4ccccc4)nc(-c4ccccc4)n3)cccc1C21c2ccccc2Oc2ccccc21. The van der Waals surface area contributed by atoms with E-state index in [2.05, 4.69) is 60.7 Å². The fourth-order valence-corrected chi connectivity index (χ4v) is 7.52. The van der Waals surface area contributed by atoms with Gasteiger partial charge in [-0.3, -0.25) is 0 Å². The average molecular weight is 691 g/mol. The van der Waals surface area contributed by atoms with Crippen LogP contribution >= 0.6 is 0 Å². The van der Waals surface area contributed by atoms with E-state index in [1.165, 1.54) is 0 Å². The Labute approximate surface area is 310 Å². The summed E-state index contributed by atoms with van der Waals surface area (Å²) in [6.07, 6.45) is 0. The molecule has 0 amide bonds. The zero-order valence-electron chi connectivity index (χ0n) is 30.0. The summed E-state index contributed by atoms with van der Waals surface area (Å²) in [6, 6.07) is 49.7. The van der Waals surface area contributed by atoms with Crippen LogP contribution < -0.4 is 10.2 Å². The van der Waals surface area contributed by atoms with Crippen LogP contribution in [0.3, 0.4) is 0 Å². The number of ether oxygens (including phenoxy) is 1. The molecular weight excluding hydrogens is 653 g/mol. The maximum atomic E-state index is 10.9. The quantitative estimate of drug-likeness (QED) is 0.168. The topological polar surface area (TPSA) is 77.4 Å². The average Bonchev–Trinajstić information content (AvgIpc) is 3.47. The normalized spacial score (nSPS) is 13.8. The monoisotopic (exact) mass is 690 g/mol. The number of benzene rings is 6. The Bertz CT molecular complexity index is 2410. The van der Waals surface area contributed by atoms with Crippen molar-refractivity contribution >= 4 is 12.9 Å². The zero-order valence-corrected chi connectivity index (χ0v) is 30.0. The fraction of sp³-hybridized carbons (Fsp3) is 0.152. The van der Waals surface area contributed by atoms with E-state index in [-0.39, 0.29) is 0 Å². The van der Waals surface area contributed by atoms with Crippen molar-refractivity contribution in [2.24, 2.45) is 0 Å². The highest BCUT2D eigenvalue weighted by atomic mass is 16.5. The van der Waals surface area contributed by atoms with Gasteiger partial charge >= 0.3 is 7.48 Å². The number of fused-ring (bicyclic) bond motifs is 9. The molecule has 2 heterocycles. The largest absolute Gasteiger partial charge is 0.457 e. The van der Waals surface area contributed by atoms with Crippen LogP contribution in [0.5, 0.6) is 11.5 Å². The highest BCUT2D eigenvalue weighted by molar-refractivity contribution is 6.47. The molecule has 1 aliphatic carbocycles. The highest BCUT2D eigenvalue weighted by Gasteiger charge is 2.52. The van der Waals surface area contributed by atoms with E-state index in [9.17, 15) is 5.11 Å². The first-order valence-corrected chi connectivity index (χ1v) is 17.9. The Hall–Kier alpha value is -5.89. The fourth-order valence-electron chi connectivity index (χ4n) is 7.52. The van der Waals surface area contributed by atoms with Crippen LogP contribution in [0, 0.1) is 0 Å². The van der Waals surface area contributed by atoms with E-state index >= 15 is 0 Å². The van der Waals surface area contributed by atoms with Crippen LogP contribution in [0.15, 0.2) is 146 Å². The molecule has 2 aliphatic rings. The zero-order chi connectivity index (χ0) is 36.4. The summed E-state index contributed by atoms with van der Waals surface area (Å²) in [4.78, 5) is 15.3. The van der Waals surface area contributed by atoms with Crippen molar-refractivity contribution in [2.75, 3.05) is 0 Å². The lowest BCUT2D eigenvalue weighted by molar-refractivity contribution is -0.0893. The van der Waals surface area contributed by atoms with Crippen LogP contribution in [0.25, 0.3) is 45.3 Å². The van der Waals surface area contributed by atoms with Gasteiger partial charge in [0.05, 0.1) is 16.6 Å². The molecule has 7 aromatic rings. The predicted molar refractivity (Wildman–Crippen MR) is 210 cm³/mol. The highest BCUT2D eigenvalue weighted by Crippen LogP contribution is 2.63. The Morgan fingerprint density at radius 2 is 1.08 bits per heavy atom. The van der Waals surface area contributed by atoms with Gasteiger partial charge < -0.3 is 14.5 Å². The predicted octanol–water partition coefficient (Wildman–Crippen LogP) is 9.15. The van der Waals surface area contributed by atoms with E-state index in [1.54, 1.807) is 21.3 Å². The smallest absolute Gasteiger partial charge is 0.330 e. The summed E-state index contributed by atoms with van der Waals surface area (Å²) in [5, 5.41) is 10.9. The van der Waals surface area contributed by atoms with Crippen molar-refractivity contribution in [3.8, 4) is 56.8 Å². The summed E-state index contributed by atoms with van der Waals surface area (Å²) < 4.78 is 12.9. The van der Waals surface area contributed by atoms with Gasteiger partial charge in [0.15, 0.2) is 17.5 Å².